The Morgan fingerprint density at radius 1 is 1.11 bits per heavy atom. The predicted molar refractivity (Wildman–Crippen MR) is 113 cm³/mol. The molecule has 2 aliphatic rings. The molecule has 0 aliphatic carbocycles. The summed E-state index contributed by atoms with van der Waals surface area (Å²) in [6.07, 6.45) is 2.59. The van der Waals surface area contributed by atoms with Crippen molar-refractivity contribution in [2.45, 2.75) is 39.3 Å². The lowest BCUT2D eigenvalue weighted by Crippen LogP contribution is -2.44. The van der Waals surface area contributed by atoms with Crippen molar-refractivity contribution in [2.24, 2.45) is 4.99 Å². The van der Waals surface area contributed by atoms with E-state index in [-0.39, 0.29) is 0 Å². The van der Waals surface area contributed by atoms with Crippen molar-refractivity contribution in [1.29, 1.82) is 0 Å². The number of anilines is 1. The maximum atomic E-state index is 5.43. The maximum Gasteiger partial charge on any atom is 0.191 e. The summed E-state index contributed by atoms with van der Waals surface area (Å²) in [7, 11) is 0. The van der Waals surface area contributed by atoms with Crippen LogP contribution >= 0.6 is 0 Å². The monoisotopic (exact) mass is 373 g/mol. The fourth-order valence-electron chi connectivity index (χ4n) is 3.90. The highest BCUT2D eigenvalue weighted by Gasteiger charge is 2.22. The van der Waals surface area contributed by atoms with Crippen LogP contribution in [0.5, 0.6) is 0 Å². The number of hydrogen-bond donors (Lipinski definition) is 2. The lowest BCUT2D eigenvalue weighted by atomic mass is 10.2. The quantitative estimate of drug-likeness (QED) is 0.566. The first kappa shape index (κ1) is 20.0. The number of ether oxygens (including phenoxy) is 1. The molecule has 6 heteroatoms. The maximum absolute atomic E-state index is 5.43. The number of benzene rings is 1. The lowest BCUT2D eigenvalue weighted by Gasteiger charge is -2.28. The fourth-order valence-corrected chi connectivity index (χ4v) is 3.90. The van der Waals surface area contributed by atoms with Gasteiger partial charge in [-0.2, -0.15) is 0 Å². The predicted octanol–water partition coefficient (Wildman–Crippen LogP) is 2.06. The van der Waals surface area contributed by atoms with Gasteiger partial charge in [-0.05, 0) is 50.6 Å². The Morgan fingerprint density at radius 3 is 2.59 bits per heavy atom. The third-order valence-corrected chi connectivity index (χ3v) is 5.49. The van der Waals surface area contributed by atoms with Gasteiger partial charge in [-0.25, -0.2) is 4.99 Å². The minimum absolute atomic E-state index is 0.631. The highest BCUT2D eigenvalue weighted by atomic mass is 16.5. The van der Waals surface area contributed by atoms with Crippen LogP contribution in [0.1, 0.15) is 32.3 Å². The smallest absolute Gasteiger partial charge is 0.191 e. The molecule has 1 unspecified atom stereocenters. The number of hydrogen-bond acceptors (Lipinski definition) is 4. The molecular weight excluding hydrogens is 338 g/mol. The standard InChI is InChI=1S/C21H35N5O/c1-3-22-21(24-17-20-6-5-11-25(20)4-2)23-16-18-7-9-19(10-8-18)26-12-14-27-15-13-26/h7-10,20H,3-6,11-17H2,1-2H3,(H2,22,23,24). The summed E-state index contributed by atoms with van der Waals surface area (Å²) >= 11 is 0. The first-order valence-electron chi connectivity index (χ1n) is 10.5. The highest BCUT2D eigenvalue weighted by molar-refractivity contribution is 5.79. The zero-order valence-electron chi connectivity index (χ0n) is 16.9. The highest BCUT2D eigenvalue weighted by Crippen LogP contribution is 2.17. The second kappa shape index (κ2) is 10.5. The van der Waals surface area contributed by atoms with Crippen molar-refractivity contribution in [3.63, 3.8) is 0 Å². The number of nitrogens with zero attached hydrogens (tertiary/aromatic N) is 3. The second-order valence-electron chi connectivity index (χ2n) is 7.27. The summed E-state index contributed by atoms with van der Waals surface area (Å²) in [6, 6.07) is 9.41. The molecule has 3 rings (SSSR count). The molecule has 2 aliphatic heterocycles. The molecule has 1 aromatic carbocycles. The fraction of sp³-hybridized carbons (Fsp3) is 0.667. The molecule has 6 nitrogen and oxygen atoms in total. The van der Waals surface area contributed by atoms with Crippen LogP contribution in [-0.4, -0.2) is 69.4 Å². The zero-order chi connectivity index (χ0) is 18.9. The Labute approximate surface area is 164 Å². The van der Waals surface area contributed by atoms with Gasteiger partial charge >= 0.3 is 0 Å². The Hall–Kier alpha value is -1.79. The van der Waals surface area contributed by atoms with E-state index in [1.807, 2.05) is 0 Å². The van der Waals surface area contributed by atoms with Gasteiger partial charge in [0.2, 0.25) is 0 Å². The van der Waals surface area contributed by atoms with E-state index in [0.717, 1.165) is 51.9 Å². The van der Waals surface area contributed by atoms with Crippen molar-refractivity contribution in [3.8, 4) is 0 Å². The van der Waals surface area contributed by atoms with Crippen molar-refractivity contribution >= 4 is 11.6 Å². The van der Waals surface area contributed by atoms with Crippen molar-refractivity contribution in [3.05, 3.63) is 29.8 Å². The molecule has 27 heavy (non-hydrogen) atoms. The van der Waals surface area contributed by atoms with Crippen LogP contribution in [-0.2, 0) is 11.3 Å². The second-order valence-corrected chi connectivity index (χ2v) is 7.27. The van der Waals surface area contributed by atoms with Gasteiger partial charge in [0.05, 0.1) is 19.8 Å². The van der Waals surface area contributed by atoms with E-state index in [2.05, 4.69) is 58.5 Å². The van der Waals surface area contributed by atoms with Gasteiger partial charge in [-0.3, -0.25) is 4.90 Å². The first-order chi connectivity index (χ1) is 13.3. The molecule has 0 bridgehead atoms. The van der Waals surface area contributed by atoms with Crippen LogP contribution in [0.4, 0.5) is 5.69 Å². The molecule has 2 fully saturated rings. The van der Waals surface area contributed by atoms with Crippen molar-refractivity contribution in [1.82, 2.24) is 15.5 Å². The van der Waals surface area contributed by atoms with Crippen LogP contribution in [0.3, 0.4) is 0 Å². The number of likely N-dealkylation sites (tertiary alicyclic amines) is 1. The van der Waals surface area contributed by atoms with Crippen LogP contribution in [0.25, 0.3) is 0 Å². The summed E-state index contributed by atoms with van der Waals surface area (Å²) in [5.74, 6) is 0.915. The Kier molecular flexibility index (Phi) is 7.78. The zero-order valence-corrected chi connectivity index (χ0v) is 16.9. The van der Waals surface area contributed by atoms with Crippen LogP contribution < -0.4 is 15.5 Å². The van der Waals surface area contributed by atoms with E-state index in [0.29, 0.717) is 12.6 Å². The van der Waals surface area contributed by atoms with Crippen LogP contribution in [0.2, 0.25) is 0 Å². The van der Waals surface area contributed by atoms with Gasteiger partial charge in [0.15, 0.2) is 5.96 Å². The third-order valence-electron chi connectivity index (χ3n) is 5.49. The Balaban J connectivity index is 1.52. The molecule has 0 aromatic heterocycles. The van der Waals surface area contributed by atoms with E-state index in [4.69, 9.17) is 9.73 Å². The Morgan fingerprint density at radius 2 is 1.89 bits per heavy atom. The minimum Gasteiger partial charge on any atom is -0.378 e. The van der Waals surface area contributed by atoms with Gasteiger partial charge < -0.3 is 20.3 Å². The molecule has 0 saturated carbocycles. The minimum atomic E-state index is 0.631. The van der Waals surface area contributed by atoms with E-state index in [9.17, 15) is 0 Å². The summed E-state index contributed by atoms with van der Waals surface area (Å²) in [6.45, 7) is 12.9. The van der Waals surface area contributed by atoms with Crippen LogP contribution in [0.15, 0.2) is 29.3 Å². The number of guanidine groups is 1. The summed E-state index contributed by atoms with van der Waals surface area (Å²) in [5, 5.41) is 6.91. The molecule has 1 atom stereocenters. The first-order valence-corrected chi connectivity index (χ1v) is 10.5. The summed E-state index contributed by atoms with van der Waals surface area (Å²) in [5.41, 5.74) is 2.51. The molecule has 2 heterocycles. The molecule has 0 amide bonds. The van der Waals surface area contributed by atoms with Crippen molar-refractivity contribution in [2.75, 3.05) is 57.4 Å². The molecule has 2 saturated heterocycles. The van der Waals surface area contributed by atoms with E-state index >= 15 is 0 Å². The normalized spacial score (nSPS) is 21.5. The number of aliphatic imine (C=N–C) groups is 1. The average molecular weight is 374 g/mol. The van der Waals surface area contributed by atoms with E-state index in [1.54, 1.807) is 0 Å². The lowest BCUT2D eigenvalue weighted by molar-refractivity contribution is 0.122. The third kappa shape index (κ3) is 5.84. The van der Waals surface area contributed by atoms with Crippen molar-refractivity contribution < 1.29 is 4.74 Å². The van der Waals surface area contributed by atoms with Crippen LogP contribution in [0, 0.1) is 0 Å². The topological polar surface area (TPSA) is 52.1 Å². The molecule has 1 aromatic rings. The summed E-state index contributed by atoms with van der Waals surface area (Å²) < 4.78 is 5.43. The van der Waals surface area contributed by atoms with Gasteiger partial charge in [0.25, 0.3) is 0 Å². The van der Waals surface area contributed by atoms with E-state index < -0.39 is 0 Å². The Bertz CT molecular complexity index is 583. The number of nitrogens with one attached hydrogen (secondary N) is 2. The van der Waals surface area contributed by atoms with E-state index in [1.165, 1.54) is 30.6 Å². The molecule has 150 valence electrons. The van der Waals surface area contributed by atoms with Gasteiger partial charge in [-0.1, -0.05) is 19.1 Å². The molecule has 2 N–H and O–H groups in total. The molecule has 0 spiro atoms. The van der Waals surface area contributed by atoms with Gasteiger partial charge in [0, 0.05) is 37.9 Å². The molecular formula is C21H35N5O. The molecule has 0 radical (unpaired) electrons. The SMILES string of the molecule is CCNC(=NCc1ccc(N2CCOCC2)cc1)NCC1CCCN1CC. The number of rotatable bonds is 7. The largest absolute Gasteiger partial charge is 0.378 e. The summed E-state index contributed by atoms with van der Waals surface area (Å²) in [4.78, 5) is 9.71. The number of likely N-dealkylation sites (N-methyl/N-ethyl adjacent to an activating group) is 1. The number of morpholine rings is 1. The average Bonchev–Trinajstić information content (AvgIpc) is 3.19. The van der Waals surface area contributed by atoms with Gasteiger partial charge in [-0.15, -0.1) is 0 Å². The van der Waals surface area contributed by atoms with Gasteiger partial charge in [0.1, 0.15) is 0 Å².